The lowest BCUT2D eigenvalue weighted by atomic mass is 10.1. The molecule has 1 aromatic carbocycles. The number of anilines is 1. The molecule has 78 valence electrons. The van der Waals surface area contributed by atoms with E-state index in [0.717, 1.165) is 6.54 Å². The van der Waals surface area contributed by atoms with Crippen LogP contribution in [-0.2, 0) is 6.54 Å². The van der Waals surface area contributed by atoms with Gasteiger partial charge in [0.25, 0.3) is 0 Å². The molecule has 0 aliphatic heterocycles. The van der Waals surface area contributed by atoms with E-state index < -0.39 is 0 Å². The number of hydrogen-bond donors (Lipinski definition) is 2. The molecule has 2 N–H and O–H groups in total. The molecule has 1 heterocycles. The predicted molar refractivity (Wildman–Crippen MR) is 57.9 cm³/mol. The minimum absolute atomic E-state index is 0.461. The number of aryl methyl sites for hydroxylation is 1. The van der Waals surface area contributed by atoms with Crippen LogP contribution in [0.2, 0.25) is 0 Å². The first-order chi connectivity index (χ1) is 7.28. The van der Waals surface area contributed by atoms with Crippen molar-refractivity contribution in [1.82, 2.24) is 9.55 Å². The van der Waals surface area contributed by atoms with Crippen LogP contribution in [0.5, 0.6) is 0 Å². The van der Waals surface area contributed by atoms with Crippen LogP contribution in [0.25, 0.3) is 0 Å². The number of rotatable bonds is 3. The zero-order chi connectivity index (χ0) is 10.7. The highest BCUT2D eigenvalue weighted by molar-refractivity contribution is 5.28. The number of aromatic nitrogens is 2. The van der Waals surface area contributed by atoms with Crippen molar-refractivity contribution >= 4 is 5.82 Å². The van der Waals surface area contributed by atoms with Gasteiger partial charge in [0.15, 0.2) is 5.82 Å². The van der Waals surface area contributed by atoms with E-state index in [1.54, 1.807) is 12.5 Å². The molecule has 0 fully saturated rings. The molecule has 4 heteroatoms. The molecular weight excluding hydrogens is 190 g/mol. The Bertz CT molecular complexity index is 451. The van der Waals surface area contributed by atoms with E-state index in [1.807, 2.05) is 16.1 Å². The van der Waals surface area contributed by atoms with Gasteiger partial charge in [-0.25, -0.2) is 4.98 Å². The summed E-state index contributed by atoms with van der Waals surface area (Å²) in [5.41, 5.74) is 4.48. The van der Waals surface area contributed by atoms with Gasteiger partial charge in [0.1, 0.15) is 0 Å². The molecule has 15 heavy (non-hydrogen) atoms. The quantitative estimate of drug-likeness (QED) is 0.750. The summed E-state index contributed by atoms with van der Waals surface area (Å²) < 4.78 is 1.91. The summed E-state index contributed by atoms with van der Waals surface area (Å²) in [6, 6.07) is 8.30. The van der Waals surface area contributed by atoms with Gasteiger partial charge in [-0.2, -0.15) is 0 Å². The Morgan fingerprint density at radius 3 is 3.00 bits per heavy atom. The maximum absolute atomic E-state index is 8.64. The zero-order valence-electron chi connectivity index (χ0n) is 8.51. The Hall–Kier alpha value is -1.81. The highest BCUT2D eigenvalue weighted by Gasteiger charge is 1.98. The Morgan fingerprint density at radius 1 is 1.47 bits per heavy atom. The van der Waals surface area contributed by atoms with Gasteiger partial charge in [-0.1, -0.05) is 29.8 Å². The molecule has 0 aliphatic carbocycles. The van der Waals surface area contributed by atoms with Crippen molar-refractivity contribution in [3.63, 3.8) is 0 Å². The molecule has 0 saturated carbocycles. The molecule has 2 rings (SSSR count). The molecule has 2 aromatic rings. The van der Waals surface area contributed by atoms with Crippen molar-refractivity contribution in [2.75, 3.05) is 5.48 Å². The molecular formula is C11H13N3O. The first kappa shape index (κ1) is 9.73. The van der Waals surface area contributed by atoms with Crippen molar-refractivity contribution in [3.05, 3.63) is 47.9 Å². The highest BCUT2D eigenvalue weighted by Crippen LogP contribution is 2.08. The van der Waals surface area contributed by atoms with Gasteiger partial charge in [0.05, 0.1) is 6.33 Å². The maximum atomic E-state index is 8.64. The van der Waals surface area contributed by atoms with Crippen LogP contribution < -0.4 is 5.48 Å². The number of imidazole rings is 1. The Morgan fingerprint density at radius 2 is 2.33 bits per heavy atom. The molecule has 4 nitrogen and oxygen atoms in total. The molecule has 0 bridgehead atoms. The Balaban J connectivity index is 2.14. The minimum atomic E-state index is 0.461. The highest BCUT2D eigenvalue weighted by atomic mass is 16.5. The average molecular weight is 203 g/mol. The van der Waals surface area contributed by atoms with E-state index in [0.29, 0.717) is 5.82 Å². The number of benzene rings is 1. The Labute approximate surface area is 88.2 Å². The summed E-state index contributed by atoms with van der Waals surface area (Å²) in [5, 5.41) is 8.64. The van der Waals surface area contributed by atoms with E-state index >= 15 is 0 Å². The SMILES string of the molecule is Cc1cccc(Cn2cnc(NO)c2)c1. The smallest absolute Gasteiger partial charge is 0.167 e. The summed E-state index contributed by atoms with van der Waals surface area (Å²) in [4.78, 5) is 3.96. The summed E-state index contributed by atoms with van der Waals surface area (Å²) >= 11 is 0. The number of nitrogens with one attached hydrogen (secondary N) is 1. The van der Waals surface area contributed by atoms with Crippen molar-refractivity contribution in [2.45, 2.75) is 13.5 Å². The molecule has 0 saturated heterocycles. The van der Waals surface area contributed by atoms with Gasteiger partial charge in [-0.3, -0.25) is 10.7 Å². The molecule has 0 radical (unpaired) electrons. The first-order valence-electron chi connectivity index (χ1n) is 4.75. The molecule has 0 atom stereocenters. The summed E-state index contributed by atoms with van der Waals surface area (Å²) in [6.07, 6.45) is 3.43. The topological polar surface area (TPSA) is 50.1 Å². The minimum Gasteiger partial charge on any atom is -0.331 e. The number of hydrogen-bond acceptors (Lipinski definition) is 3. The lowest BCUT2D eigenvalue weighted by Gasteiger charge is -2.02. The van der Waals surface area contributed by atoms with Crippen molar-refractivity contribution in [1.29, 1.82) is 0 Å². The monoisotopic (exact) mass is 203 g/mol. The summed E-state index contributed by atoms with van der Waals surface area (Å²) in [6.45, 7) is 2.83. The molecule has 1 aromatic heterocycles. The first-order valence-corrected chi connectivity index (χ1v) is 4.75. The Kier molecular flexibility index (Phi) is 2.69. The average Bonchev–Trinajstić information content (AvgIpc) is 2.65. The van der Waals surface area contributed by atoms with Crippen molar-refractivity contribution in [3.8, 4) is 0 Å². The van der Waals surface area contributed by atoms with E-state index in [-0.39, 0.29) is 0 Å². The third-order valence-corrected chi connectivity index (χ3v) is 2.20. The van der Waals surface area contributed by atoms with Crippen LogP contribution in [0, 0.1) is 6.92 Å². The van der Waals surface area contributed by atoms with Crippen molar-refractivity contribution in [2.24, 2.45) is 0 Å². The van der Waals surface area contributed by atoms with Gasteiger partial charge in [0, 0.05) is 12.7 Å². The van der Waals surface area contributed by atoms with Crippen LogP contribution in [-0.4, -0.2) is 14.8 Å². The van der Waals surface area contributed by atoms with Crippen LogP contribution in [0.15, 0.2) is 36.8 Å². The van der Waals surface area contributed by atoms with Gasteiger partial charge in [0.2, 0.25) is 0 Å². The third-order valence-electron chi connectivity index (χ3n) is 2.20. The molecule has 0 unspecified atom stereocenters. The fourth-order valence-corrected chi connectivity index (χ4v) is 1.53. The van der Waals surface area contributed by atoms with Gasteiger partial charge >= 0.3 is 0 Å². The van der Waals surface area contributed by atoms with Gasteiger partial charge in [-0.15, -0.1) is 0 Å². The number of nitrogens with zero attached hydrogens (tertiary/aromatic N) is 2. The van der Waals surface area contributed by atoms with Crippen LogP contribution in [0.4, 0.5) is 5.82 Å². The van der Waals surface area contributed by atoms with Crippen LogP contribution >= 0.6 is 0 Å². The van der Waals surface area contributed by atoms with Crippen LogP contribution in [0.3, 0.4) is 0 Å². The second kappa shape index (κ2) is 4.14. The normalized spacial score (nSPS) is 10.3. The lowest BCUT2D eigenvalue weighted by molar-refractivity contribution is 0.386. The fraction of sp³-hybridized carbons (Fsp3) is 0.182. The van der Waals surface area contributed by atoms with Crippen molar-refractivity contribution < 1.29 is 5.21 Å². The van der Waals surface area contributed by atoms with Gasteiger partial charge < -0.3 is 4.57 Å². The lowest BCUT2D eigenvalue weighted by Crippen LogP contribution is -1.96. The summed E-state index contributed by atoms with van der Waals surface area (Å²) in [5.74, 6) is 0.461. The largest absolute Gasteiger partial charge is 0.331 e. The zero-order valence-corrected chi connectivity index (χ0v) is 8.51. The second-order valence-corrected chi connectivity index (χ2v) is 3.53. The van der Waals surface area contributed by atoms with E-state index in [9.17, 15) is 0 Å². The molecule has 0 aliphatic rings. The summed E-state index contributed by atoms with van der Waals surface area (Å²) in [7, 11) is 0. The van der Waals surface area contributed by atoms with E-state index in [4.69, 9.17) is 5.21 Å². The van der Waals surface area contributed by atoms with E-state index in [1.165, 1.54) is 11.1 Å². The fourth-order valence-electron chi connectivity index (χ4n) is 1.53. The van der Waals surface area contributed by atoms with Gasteiger partial charge in [-0.05, 0) is 12.5 Å². The van der Waals surface area contributed by atoms with E-state index in [2.05, 4.69) is 30.1 Å². The second-order valence-electron chi connectivity index (χ2n) is 3.53. The standard InChI is InChI=1S/C11H13N3O/c1-9-3-2-4-10(5-9)6-14-7-11(13-15)12-8-14/h2-5,7-8,13,15H,6H2,1H3. The van der Waals surface area contributed by atoms with Crippen LogP contribution in [0.1, 0.15) is 11.1 Å². The predicted octanol–water partition coefficient (Wildman–Crippen LogP) is 2.04. The third kappa shape index (κ3) is 2.35. The molecule has 0 amide bonds. The molecule has 0 spiro atoms. The maximum Gasteiger partial charge on any atom is 0.167 e.